The number of rotatable bonds is 10. The van der Waals surface area contributed by atoms with Crippen molar-refractivity contribution in [3.63, 3.8) is 0 Å². The number of carboxylic acid groups (broad SMARTS) is 1. The Kier molecular flexibility index (Phi) is 7.22. The predicted octanol–water partition coefficient (Wildman–Crippen LogP) is 1.17. The van der Waals surface area contributed by atoms with Crippen molar-refractivity contribution in [2.45, 2.75) is 25.7 Å². The van der Waals surface area contributed by atoms with E-state index >= 15 is 0 Å². The molecular weight excluding hydrogens is 306 g/mol. The Morgan fingerprint density at radius 1 is 1.42 bits per heavy atom. The number of aryl methyl sites for hydroxylation is 1. The normalized spacial score (nSPS) is 13.8. The van der Waals surface area contributed by atoms with E-state index in [0.717, 1.165) is 49.4 Å². The molecule has 0 radical (unpaired) electrons. The topological polar surface area (TPSA) is 110 Å². The second-order valence-corrected chi connectivity index (χ2v) is 5.73. The Balaban J connectivity index is 1.72. The number of nitrogens with zero attached hydrogens (tertiary/aromatic N) is 1. The fourth-order valence-corrected chi connectivity index (χ4v) is 2.48. The number of pyridine rings is 1. The molecule has 1 aromatic heterocycles. The van der Waals surface area contributed by atoms with Gasteiger partial charge in [0.15, 0.2) is 0 Å². The Labute approximate surface area is 142 Å². The molecule has 130 valence electrons. The second kappa shape index (κ2) is 9.67. The molecule has 2 heterocycles. The fourth-order valence-electron chi connectivity index (χ4n) is 2.48. The molecule has 0 unspecified atom stereocenters. The number of fused-ring (bicyclic) bond motifs is 1. The van der Waals surface area contributed by atoms with Gasteiger partial charge in [0.25, 0.3) is 0 Å². The van der Waals surface area contributed by atoms with E-state index in [2.05, 4.69) is 33.1 Å². The van der Waals surface area contributed by atoms with Gasteiger partial charge in [-0.15, -0.1) is 0 Å². The maximum absolute atomic E-state index is 10.4. The summed E-state index contributed by atoms with van der Waals surface area (Å²) < 4.78 is 0. The minimum atomic E-state index is -0.826. The van der Waals surface area contributed by atoms with Crippen molar-refractivity contribution >= 4 is 18.0 Å². The third-order valence-corrected chi connectivity index (χ3v) is 3.79. The van der Waals surface area contributed by atoms with Crippen LogP contribution < -0.4 is 16.0 Å². The highest BCUT2D eigenvalue weighted by Gasteiger charge is 2.09. The number of aromatic nitrogens is 1. The Bertz CT molecular complexity index is 601. The summed E-state index contributed by atoms with van der Waals surface area (Å²) in [6.07, 6.45) is 6.20. The number of nitrogens with one attached hydrogen (secondary N) is 4. The maximum Gasteiger partial charge on any atom is 0.304 e. The van der Waals surface area contributed by atoms with Crippen LogP contribution in [0.15, 0.2) is 23.9 Å². The maximum atomic E-state index is 10.4. The van der Waals surface area contributed by atoms with E-state index in [1.165, 1.54) is 11.8 Å². The van der Waals surface area contributed by atoms with E-state index in [1.807, 2.05) is 0 Å². The number of carboxylic acids is 1. The van der Waals surface area contributed by atoms with Crippen LogP contribution in [-0.4, -0.2) is 48.5 Å². The third-order valence-electron chi connectivity index (χ3n) is 3.79. The van der Waals surface area contributed by atoms with Crippen LogP contribution in [0.3, 0.4) is 0 Å². The molecule has 1 aromatic rings. The summed E-state index contributed by atoms with van der Waals surface area (Å²) in [5.41, 5.74) is 3.11. The lowest BCUT2D eigenvalue weighted by molar-refractivity contribution is -0.136. The smallest absolute Gasteiger partial charge is 0.304 e. The molecule has 7 heteroatoms. The molecule has 7 nitrogen and oxygen atoms in total. The van der Waals surface area contributed by atoms with Crippen molar-refractivity contribution in [2.24, 2.45) is 0 Å². The van der Waals surface area contributed by atoms with Gasteiger partial charge in [-0.2, -0.15) is 0 Å². The first-order valence-electron chi connectivity index (χ1n) is 8.27. The average molecular weight is 331 g/mol. The van der Waals surface area contributed by atoms with Gasteiger partial charge in [-0.3, -0.25) is 4.79 Å². The van der Waals surface area contributed by atoms with Gasteiger partial charge in [0.1, 0.15) is 5.82 Å². The van der Waals surface area contributed by atoms with E-state index in [-0.39, 0.29) is 6.42 Å². The van der Waals surface area contributed by atoms with Gasteiger partial charge in [0.2, 0.25) is 0 Å². The molecule has 0 aromatic carbocycles. The molecule has 0 saturated carbocycles. The standard InChI is InChI=1S/C17H25N5O2/c18-10-13(12-20-9-6-16(23)24)11-19-8-5-15-4-3-14-2-1-7-21-17(14)22-15/h3-4,10-11,18-20H,1-2,5-9,12H2,(H,21,22)(H,23,24)/b13-11+,18-10?. The number of hydrogen-bond acceptors (Lipinski definition) is 6. The van der Waals surface area contributed by atoms with E-state index in [0.29, 0.717) is 13.1 Å². The lowest BCUT2D eigenvalue weighted by atomic mass is 10.1. The lowest BCUT2D eigenvalue weighted by Crippen LogP contribution is -2.22. The molecule has 2 rings (SSSR count). The second-order valence-electron chi connectivity index (χ2n) is 5.73. The van der Waals surface area contributed by atoms with Crippen molar-refractivity contribution in [1.82, 2.24) is 15.6 Å². The van der Waals surface area contributed by atoms with Gasteiger partial charge < -0.3 is 26.5 Å². The van der Waals surface area contributed by atoms with Crippen LogP contribution in [0.25, 0.3) is 0 Å². The summed E-state index contributed by atoms with van der Waals surface area (Å²) in [6.45, 7) is 2.59. The van der Waals surface area contributed by atoms with Gasteiger partial charge in [-0.1, -0.05) is 6.07 Å². The van der Waals surface area contributed by atoms with Crippen molar-refractivity contribution in [3.05, 3.63) is 35.2 Å². The van der Waals surface area contributed by atoms with Crippen LogP contribution in [0.4, 0.5) is 5.82 Å². The minimum Gasteiger partial charge on any atom is -0.481 e. The molecule has 0 atom stereocenters. The first kappa shape index (κ1) is 17.9. The number of hydrogen-bond donors (Lipinski definition) is 5. The molecule has 1 aliphatic rings. The number of carbonyl (C=O) groups is 1. The summed E-state index contributed by atoms with van der Waals surface area (Å²) in [6, 6.07) is 4.22. The summed E-state index contributed by atoms with van der Waals surface area (Å²) in [7, 11) is 0. The van der Waals surface area contributed by atoms with E-state index in [9.17, 15) is 4.79 Å². The quantitative estimate of drug-likeness (QED) is 0.325. The molecule has 0 spiro atoms. The molecule has 0 bridgehead atoms. The van der Waals surface area contributed by atoms with Crippen LogP contribution in [0.5, 0.6) is 0 Å². The van der Waals surface area contributed by atoms with Crippen molar-refractivity contribution in [3.8, 4) is 0 Å². The van der Waals surface area contributed by atoms with E-state index in [1.54, 1.807) is 6.20 Å². The van der Waals surface area contributed by atoms with Gasteiger partial charge >= 0.3 is 5.97 Å². The minimum absolute atomic E-state index is 0.0801. The SMILES string of the molecule is N=C/C(=C\NCCc1ccc2c(n1)NCCC2)CNCCC(=O)O. The van der Waals surface area contributed by atoms with Gasteiger partial charge in [0.05, 0.1) is 6.42 Å². The van der Waals surface area contributed by atoms with Gasteiger partial charge in [-0.25, -0.2) is 4.98 Å². The highest BCUT2D eigenvalue weighted by atomic mass is 16.4. The van der Waals surface area contributed by atoms with Crippen LogP contribution in [0, 0.1) is 5.41 Å². The first-order chi connectivity index (χ1) is 11.7. The molecule has 24 heavy (non-hydrogen) atoms. The number of anilines is 1. The summed E-state index contributed by atoms with van der Waals surface area (Å²) in [5.74, 6) is 0.185. The Morgan fingerprint density at radius 2 is 2.29 bits per heavy atom. The molecular formula is C17H25N5O2. The number of aliphatic carboxylic acids is 1. The summed E-state index contributed by atoms with van der Waals surface area (Å²) >= 11 is 0. The van der Waals surface area contributed by atoms with Crippen molar-refractivity contribution < 1.29 is 9.90 Å². The molecule has 0 amide bonds. The summed E-state index contributed by atoms with van der Waals surface area (Å²) in [4.78, 5) is 15.1. The average Bonchev–Trinajstić information content (AvgIpc) is 2.60. The van der Waals surface area contributed by atoms with Crippen molar-refractivity contribution in [1.29, 1.82) is 5.41 Å². The lowest BCUT2D eigenvalue weighted by Gasteiger charge is -2.17. The van der Waals surface area contributed by atoms with Crippen LogP contribution in [0.1, 0.15) is 24.1 Å². The monoisotopic (exact) mass is 331 g/mol. The third kappa shape index (κ3) is 6.00. The van der Waals surface area contributed by atoms with E-state index in [4.69, 9.17) is 10.5 Å². The molecule has 1 aliphatic heterocycles. The van der Waals surface area contributed by atoms with Crippen molar-refractivity contribution in [2.75, 3.05) is 31.5 Å². The largest absolute Gasteiger partial charge is 0.481 e. The molecule has 0 saturated heterocycles. The first-order valence-corrected chi connectivity index (χ1v) is 8.27. The predicted molar refractivity (Wildman–Crippen MR) is 94.7 cm³/mol. The fraction of sp³-hybridized carbons (Fsp3) is 0.471. The van der Waals surface area contributed by atoms with Crippen LogP contribution >= 0.6 is 0 Å². The Hall–Kier alpha value is -2.41. The van der Waals surface area contributed by atoms with E-state index < -0.39 is 5.97 Å². The van der Waals surface area contributed by atoms with Crippen LogP contribution in [0.2, 0.25) is 0 Å². The molecule has 5 N–H and O–H groups in total. The van der Waals surface area contributed by atoms with Gasteiger partial charge in [-0.05, 0) is 30.0 Å². The molecule has 0 fully saturated rings. The Morgan fingerprint density at radius 3 is 3.08 bits per heavy atom. The zero-order valence-electron chi connectivity index (χ0n) is 13.8. The zero-order chi connectivity index (χ0) is 17.2. The molecule has 0 aliphatic carbocycles. The highest BCUT2D eigenvalue weighted by molar-refractivity contribution is 5.76. The van der Waals surface area contributed by atoms with Crippen LogP contribution in [-0.2, 0) is 17.6 Å². The zero-order valence-corrected chi connectivity index (χ0v) is 13.8. The summed E-state index contributed by atoms with van der Waals surface area (Å²) in [5, 5.41) is 25.5. The van der Waals surface area contributed by atoms with Gasteiger partial charge in [0, 0.05) is 50.7 Å². The highest BCUT2D eigenvalue weighted by Crippen LogP contribution is 2.19.